The quantitative estimate of drug-likeness (QED) is 0.790. The SMILES string of the molecule is CCC(N[C@@H](C)c1ccc(Cl)cc1)c1ccc(F)cc1. The van der Waals surface area contributed by atoms with Crippen molar-refractivity contribution in [1.29, 1.82) is 0 Å². The second kappa shape index (κ2) is 6.87. The van der Waals surface area contributed by atoms with E-state index in [1.807, 2.05) is 36.4 Å². The lowest BCUT2D eigenvalue weighted by Crippen LogP contribution is -2.24. The molecule has 0 aliphatic carbocycles. The minimum absolute atomic E-state index is 0.200. The highest BCUT2D eigenvalue weighted by Gasteiger charge is 2.13. The maximum atomic E-state index is 13.0. The predicted octanol–water partition coefficient (Wildman–Crippen LogP) is 5.28. The normalized spacial score (nSPS) is 14.0. The van der Waals surface area contributed by atoms with Crippen LogP contribution in [-0.2, 0) is 0 Å². The monoisotopic (exact) mass is 291 g/mol. The molecule has 0 aliphatic heterocycles. The molecule has 106 valence electrons. The van der Waals surface area contributed by atoms with Crippen molar-refractivity contribution >= 4 is 11.6 Å². The summed E-state index contributed by atoms with van der Waals surface area (Å²) in [4.78, 5) is 0. The molecule has 0 saturated carbocycles. The molecule has 0 radical (unpaired) electrons. The number of halogens is 2. The van der Waals surface area contributed by atoms with Crippen LogP contribution in [0.5, 0.6) is 0 Å². The lowest BCUT2D eigenvalue weighted by atomic mass is 10.0. The van der Waals surface area contributed by atoms with Crippen molar-refractivity contribution in [2.75, 3.05) is 0 Å². The van der Waals surface area contributed by atoms with Gasteiger partial charge in [-0.2, -0.15) is 0 Å². The summed E-state index contributed by atoms with van der Waals surface area (Å²) in [7, 11) is 0. The summed E-state index contributed by atoms with van der Waals surface area (Å²) < 4.78 is 13.0. The average molecular weight is 292 g/mol. The zero-order valence-corrected chi connectivity index (χ0v) is 12.5. The van der Waals surface area contributed by atoms with Gasteiger partial charge in [-0.3, -0.25) is 0 Å². The van der Waals surface area contributed by atoms with Gasteiger partial charge in [-0.15, -0.1) is 0 Å². The minimum atomic E-state index is -0.200. The van der Waals surface area contributed by atoms with E-state index in [0.717, 1.165) is 17.0 Å². The van der Waals surface area contributed by atoms with Gasteiger partial charge in [-0.1, -0.05) is 42.8 Å². The molecule has 2 aromatic rings. The van der Waals surface area contributed by atoms with Crippen molar-refractivity contribution in [1.82, 2.24) is 5.32 Å². The van der Waals surface area contributed by atoms with E-state index in [2.05, 4.69) is 19.2 Å². The zero-order valence-electron chi connectivity index (χ0n) is 11.7. The molecule has 0 heterocycles. The zero-order chi connectivity index (χ0) is 14.5. The van der Waals surface area contributed by atoms with E-state index in [4.69, 9.17) is 11.6 Å². The van der Waals surface area contributed by atoms with E-state index in [1.54, 1.807) is 0 Å². The predicted molar refractivity (Wildman–Crippen MR) is 82.4 cm³/mol. The second-order valence-electron chi connectivity index (χ2n) is 4.95. The largest absolute Gasteiger partial charge is 0.303 e. The lowest BCUT2D eigenvalue weighted by Gasteiger charge is -2.23. The molecule has 0 aromatic heterocycles. The number of nitrogens with one attached hydrogen (secondary N) is 1. The Morgan fingerprint density at radius 3 is 2.10 bits per heavy atom. The maximum Gasteiger partial charge on any atom is 0.123 e. The Morgan fingerprint density at radius 1 is 1.00 bits per heavy atom. The lowest BCUT2D eigenvalue weighted by molar-refractivity contribution is 0.456. The summed E-state index contributed by atoms with van der Waals surface area (Å²) in [5.74, 6) is -0.200. The van der Waals surface area contributed by atoms with E-state index in [9.17, 15) is 4.39 Å². The van der Waals surface area contributed by atoms with Gasteiger partial charge in [0.25, 0.3) is 0 Å². The summed E-state index contributed by atoms with van der Waals surface area (Å²) in [6.07, 6.45) is 0.948. The molecule has 2 aromatic carbocycles. The molecule has 0 fully saturated rings. The van der Waals surface area contributed by atoms with Gasteiger partial charge >= 0.3 is 0 Å². The molecule has 2 rings (SSSR count). The fourth-order valence-electron chi connectivity index (χ4n) is 2.29. The van der Waals surface area contributed by atoms with Crippen LogP contribution in [0, 0.1) is 5.82 Å². The maximum absolute atomic E-state index is 13.0. The Hall–Kier alpha value is -1.38. The third-order valence-corrected chi connectivity index (χ3v) is 3.75. The molecule has 20 heavy (non-hydrogen) atoms. The Bertz CT molecular complexity index is 536. The first-order chi connectivity index (χ1) is 9.60. The molecule has 1 nitrogen and oxygen atoms in total. The van der Waals surface area contributed by atoms with Gasteiger partial charge in [0.2, 0.25) is 0 Å². The van der Waals surface area contributed by atoms with Crippen molar-refractivity contribution in [3.63, 3.8) is 0 Å². The van der Waals surface area contributed by atoms with Crippen molar-refractivity contribution < 1.29 is 4.39 Å². The number of hydrogen-bond donors (Lipinski definition) is 1. The van der Waals surface area contributed by atoms with Gasteiger partial charge in [0, 0.05) is 17.1 Å². The minimum Gasteiger partial charge on any atom is -0.303 e. The summed E-state index contributed by atoms with van der Waals surface area (Å²) in [5, 5.41) is 4.31. The Labute approximate surface area is 124 Å². The fourth-order valence-corrected chi connectivity index (χ4v) is 2.42. The van der Waals surface area contributed by atoms with Crippen LogP contribution in [0.2, 0.25) is 5.02 Å². The average Bonchev–Trinajstić information content (AvgIpc) is 2.46. The number of hydrogen-bond acceptors (Lipinski definition) is 1. The summed E-state index contributed by atoms with van der Waals surface area (Å²) >= 11 is 5.90. The van der Waals surface area contributed by atoms with Crippen molar-refractivity contribution in [3.05, 3.63) is 70.5 Å². The molecule has 3 heteroatoms. The van der Waals surface area contributed by atoms with E-state index >= 15 is 0 Å². The van der Waals surface area contributed by atoms with Crippen molar-refractivity contribution in [2.45, 2.75) is 32.4 Å². The van der Waals surface area contributed by atoms with Crippen LogP contribution in [0.3, 0.4) is 0 Å². The van der Waals surface area contributed by atoms with E-state index in [0.29, 0.717) is 0 Å². The van der Waals surface area contributed by atoms with Gasteiger partial charge in [0.05, 0.1) is 0 Å². The van der Waals surface area contributed by atoms with Gasteiger partial charge in [-0.05, 0) is 48.7 Å². The third kappa shape index (κ3) is 3.81. The molecule has 0 bridgehead atoms. The third-order valence-electron chi connectivity index (χ3n) is 3.50. The van der Waals surface area contributed by atoms with Crippen LogP contribution < -0.4 is 5.32 Å². The molecule has 0 aliphatic rings. The molecule has 0 saturated heterocycles. The first-order valence-electron chi connectivity index (χ1n) is 6.87. The van der Waals surface area contributed by atoms with E-state index < -0.39 is 0 Å². The van der Waals surface area contributed by atoms with Crippen LogP contribution in [0.25, 0.3) is 0 Å². The van der Waals surface area contributed by atoms with E-state index in [1.165, 1.54) is 17.7 Å². The highest BCUT2D eigenvalue weighted by Crippen LogP contribution is 2.23. The molecule has 0 amide bonds. The molecular formula is C17H19ClFN. The van der Waals surface area contributed by atoms with E-state index in [-0.39, 0.29) is 17.9 Å². The first kappa shape index (κ1) is 15.0. The van der Waals surface area contributed by atoms with Crippen LogP contribution in [0.15, 0.2) is 48.5 Å². The van der Waals surface area contributed by atoms with Crippen LogP contribution in [-0.4, -0.2) is 0 Å². The smallest absolute Gasteiger partial charge is 0.123 e. The molecule has 1 N–H and O–H groups in total. The Morgan fingerprint density at radius 2 is 1.55 bits per heavy atom. The molecule has 0 spiro atoms. The number of rotatable bonds is 5. The molecular weight excluding hydrogens is 273 g/mol. The summed E-state index contributed by atoms with van der Waals surface area (Å²) in [6.45, 7) is 4.24. The standard InChI is InChI=1S/C17H19ClFN/c1-3-17(14-6-10-16(19)11-7-14)20-12(2)13-4-8-15(18)9-5-13/h4-12,17,20H,3H2,1-2H3/t12-,17?/m0/s1. The van der Waals surface area contributed by atoms with Gasteiger partial charge in [0.1, 0.15) is 5.82 Å². The van der Waals surface area contributed by atoms with Crippen LogP contribution >= 0.6 is 11.6 Å². The molecule has 2 atom stereocenters. The fraction of sp³-hybridized carbons (Fsp3) is 0.294. The summed E-state index contributed by atoms with van der Waals surface area (Å²) in [5.41, 5.74) is 2.30. The molecule has 1 unspecified atom stereocenters. The van der Waals surface area contributed by atoms with Gasteiger partial charge in [-0.25, -0.2) is 4.39 Å². The second-order valence-corrected chi connectivity index (χ2v) is 5.39. The topological polar surface area (TPSA) is 12.0 Å². The Kier molecular flexibility index (Phi) is 5.16. The highest BCUT2D eigenvalue weighted by atomic mass is 35.5. The van der Waals surface area contributed by atoms with Gasteiger partial charge < -0.3 is 5.32 Å². The summed E-state index contributed by atoms with van der Waals surface area (Å²) in [6, 6.07) is 15.0. The Balaban J connectivity index is 2.09. The number of benzene rings is 2. The van der Waals surface area contributed by atoms with Crippen LogP contribution in [0.1, 0.15) is 43.5 Å². The van der Waals surface area contributed by atoms with Gasteiger partial charge in [0.15, 0.2) is 0 Å². The van der Waals surface area contributed by atoms with Crippen LogP contribution in [0.4, 0.5) is 4.39 Å². The highest BCUT2D eigenvalue weighted by molar-refractivity contribution is 6.30. The van der Waals surface area contributed by atoms with Crippen molar-refractivity contribution in [3.8, 4) is 0 Å². The van der Waals surface area contributed by atoms with Crippen molar-refractivity contribution in [2.24, 2.45) is 0 Å². The first-order valence-corrected chi connectivity index (χ1v) is 7.25.